The van der Waals surface area contributed by atoms with E-state index < -0.39 is 11.7 Å². The Bertz CT molecular complexity index is 464. The van der Waals surface area contributed by atoms with Gasteiger partial charge >= 0.3 is 0 Å². The van der Waals surface area contributed by atoms with E-state index in [9.17, 15) is 9.18 Å². The SMILES string of the molecule is CC1CCC(NC(=O)c2ccnc(N)c2F)C1C. The molecule has 0 aliphatic heterocycles. The highest BCUT2D eigenvalue weighted by atomic mass is 19.1. The summed E-state index contributed by atoms with van der Waals surface area (Å²) in [6, 6.07) is 1.46. The van der Waals surface area contributed by atoms with E-state index in [1.165, 1.54) is 12.3 Å². The van der Waals surface area contributed by atoms with Gasteiger partial charge in [0.05, 0.1) is 5.56 Å². The molecule has 3 unspecified atom stereocenters. The molecule has 1 aromatic rings. The number of nitrogens with two attached hydrogens (primary N) is 1. The summed E-state index contributed by atoms with van der Waals surface area (Å²) in [6.45, 7) is 4.28. The molecule has 1 aliphatic rings. The highest BCUT2D eigenvalue weighted by molar-refractivity contribution is 5.95. The van der Waals surface area contributed by atoms with Crippen LogP contribution in [0.1, 0.15) is 37.0 Å². The summed E-state index contributed by atoms with van der Waals surface area (Å²) < 4.78 is 13.7. The minimum atomic E-state index is -0.742. The third kappa shape index (κ3) is 2.30. The molecule has 1 aromatic heterocycles. The molecule has 4 nitrogen and oxygen atoms in total. The smallest absolute Gasteiger partial charge is 0.254 e. The largest absolute Gasteiger partial charge is 0.381 e. The van der Waals surface area contributed by atoms with Crippen LogP contribution in [0.15, 0.2) is 12.3 Å². The van der Waals surface area contributed by atoms with Crippen molar-refractivity contribution in [2.45, 2.75) is 32.7 Å². The lowest BCUT2D eigenvalue weighted by molar-refractivity contribution is 0.0923. The van der Waals surface area contributed by atoms with Crippen LogP contribution < -0.4 is 11.1 Å². The molecule has 0 radical (unpaired) electrons. The van der Waals surface area contributed by atoms with Gasteiger partial charge in [-0.1, -0.05) is 13.8 Å². The van der Waals surface area contributed by atoms with Crippen LogP contribution in [0.5, 0.6) is 0 Å². The predicted molar refractivity (Wildman–Crippen MR) is 67.4 cm³/mol. The lowest BCUT2D eigenvalue weighted by atomic mass is 9.97. The third-order valence-electron chi connectivity index (χ3n) is 3.94. The molecule has 1 amide bonds. The summed E-state index contributed by atoms with van der Waals surface area (Å²) in [7, 11) is 0. The summed E-state index contributed by atoms with van der Waals surface area (Å²) >= 11 is 0. The van der Waals surface area contributed by atoms with Crippen LogP contribution in [0.3, 0.4) is 0 Å². The molecule has 98 valence electrons. The number of aromatic nitrogens is 1. The molecule has 3 atom stereocenters. The van der Waals surface area contributed by atoms with Crippen LogP contribution in [-0.2, 0) is 0 Å². The number of pyridine rings is 1. The van der Waals surface area contributed by atoms with Crippen molar-refractivity contribution < 1.29 is 9.18 Å². The molecule has 1 saturated carbocycles. The molecular weight excluding hydrogens is 233 g/mol. The number of carbonyl (C=O) groups is 1. The second kappa shape index (κ2) is 4.92. The van der Waals surface area contributed by atoms with Crippen molar-refractivity contribution in [3.8, 4) is 0 Å². The van der Waals surface area contributed by atoms with Gasteiger partial charge in [0.2, 0.25) is 0 Å². The van der Waals surface area contributed by atoms with Gasteiger partial charge in [0, 0.05) is 12.2 Å². The van der Waals surface area contributed by atoms with Gasteiger partial charge in [-0.25, -0.2) is 9.37 Å². The van der Waals surface area contributed by atoms with Crippen molar-refractivity contribution >= 4 is 11.7 Å². The summed E-state index contributed by atoms with van der Waals surface area (Å²) in [5.41, 5.74) is 5.32. The molecule has 1 fully saturated rings. The van der Waals surface area contributed by atoms with Gasteiger partial charge in [-0.15, -0.1) is 0 Å². The fraction of sp³-hybridized carbons (Fsp3) is 0.538. The van der Waals surface area contributed by atoms with Crippen LogP contribution in [0.2, 0.25) is 0 Å². The van der Waals surface area contributed by atoms with Gasteiger partial charge in [-0.3, -0.25) is 4.79 Å². The Balaban J connectivity index is 2.11. The minimum Gasteiger partial charge on any atom is -0.381 e. The fourth-order valence-corrected chi connectivity index (χ4v) is 2.45. The van der Waals surface area contributed by atoms with Crippen molar-refractivity contribution in [3.63, 3.8) is 0 Å². The van der Waals surface area contributed by atoms with E-state index >= 15 is 0 Å². The number of nitrogens with one attached hydrogen (secondary N) is 1. The predicted octanol–water partition coefficient (Wildman–Crippen LogP) is 1.97. The molecule has 0 spiro atoms. The van der Waals surface area contributed by atoms with Crippen LogP contribution in [-0.4, -0.2) is 16.9 Å². The Morgan fingerprint density at radius 2 is 2.22 bits per heavy atom. The zero-order chi connectivity index (χ0) is 13.3. The van der Waals surface area contributed by atoms with Gasteiger partial charge in [0.1, 0.15) is 0 Å². The van der Waals surface area contributed by atoms with E-state index in [-0.39, 0.29) is 17.4 Å². The molecule has 5 heteroatoms. The molecule has 2 rings (SSSR count). The number of amides is 1. The molecular formula is C13H18FN3O. The first kappa shape index (κ1) is 12.8. The number of carbonyl (C=O) groups excluding carboxylic acids is 1. The van der Waals surface area contributed by atoms with Crippen LogP contribution >= 0.6 is 0 Å². The van der Waals surface area contributed by atoms with E-state index in [2.05, 4.69) is 24.1 Å². The maximum Gasteiger partial charge on any atom is 0.254 e. The van der Waals surface area contributed by atoms with Gasteiger partial charge in [0.15, 0.2) is 11.6 Å². The van der Waals surface area contributed by atoms with Gasteiger partial charge in [0.25, 0.3) is 5.91 Å². The molecule has 1 heterocycles. The van der Waals surface area contributed by atoms with Crippen molar-refractivity contribution in [2.75, 3.05) is 5.73 Å². The van der Waals surface area contributed by atoms with Crippen molar-refractivity contribution in [2.24, 2.45) is 11.8 Å². The summed E-state index contributed by atoms with van der Waals surface area (Å²) in [5, 5.41) is 2.88. The second-order valence-electron chi connectivity index (χ2n) is 5.05. The average molecular weight is 251 g/mol. The maximum atomic E-state index is 13.7. The molecule has 3 N–H and O–H groups in total. The zero-order valence-electron chi connectivity index (χ0n) is 10.6. The average Bonchev–Trinajstić information content (AvgIpc) is 2.64. The Labute approximate surface area is 106 Å². The normalized spacial score (nSPS) is 27.2. The van der Waals surface area contributed by atoms with Gasteiger partial charge in [-0.05, 0) is 30.7 Å². The van der Waals surface area contributed by atoms with E-state index in [1.54, 1.807) is 0 Å². The number of nitrogen functional groups attached to an aromatic ring is 1. The topological polar surface area (TPSA) is 68.0 Å². The Morgan fingerprint density at radius 1 is 1.50 bits per heavy atom. The lowest BCUT2D eigenvalue weighted by Crippen LogP contribution is -2.37. The highest BCUT2D eigenvalue weighted by Crippen LogP contribution is 2.31. The Kier molecular flexibility index (Phi) is 3.50. The van der Waals surface area contributed by atoms with E-state index in [0.29, 0.717) is 11.8 Å². The number of hydrogen-bond donors (Lipinski definition) is 2. The number of nitrogens with zero attached hydrogens (tertiary/aromatic N) is 1. The van der Waals surface area contributed by atoms with Gasteiger partial charge in [-0.2, -0.15) is 0 Å². The summed E-state index contributed by atoms with van der Waals surface area (Å²) in [4.78, 5) is 15.6. The van der Waals surface area contributed by atoms with E-state index in [1.807, 2.05) is 0 Å². The van der Waals surface area contributed by atoms with E-state index in [4.69, 9.17) is 5.73 Å². The molecule has 0 saturated heterocycles. The van der Waals surface area contributed by atoms with Crippen molar-refractivity contribution in [3.05, 3.63) is 23.6 Å². The summed E-state index contributed by atoms with van der Waals surface area (Å²) in [6.07, 6.45) is 3.37. The first-order valence-electron chi connectivity index (χ1n) is 6.21. The Hall–Kier alpha value is -1.65. The number of hydrogen-bond acceptors (Lipinski definition) is 3. The number of halogens is 1. The third-order valence-corrected chi connectivity index (χ3v) is 3.94. The van der Waals surface area contributed by atoms with Crippen molar-refractivity contribution in [1.82, 2.24) is 10.3 Å². The van der Waals surface area contributed by atoms with Crippen molar-refractivity contribution in [1.29, 1.82) is 0 Å². The zero-order valence-corrected chi connectivity index (χ0v) is 10.6. The quantitative estimate of drug-likeness (QED) is 0.844. The number of rotatable bonds is 2. The van der Waals surface area contributed by atoms with E-state index in [0.717, 1.165) is 12.8 Å². The highest BCUT2D eigenvalue weighted by Gasteiger charge is 2.31. The lowest BCUT2D eigenvalue weighted by Gasteiger charge is -2.19. The van der Waals surface area contributed by atoms with Gasteiger partial charge < -0.3 is 11.1 Å². The molecule has 1 aliphatic carbocycles. The number of anilines is 1. The Morgan fingerprint density at radius 3 is 2.83 bits per heavy atom. The fourth-order valence-electron chi connectivity index (χ4n) is 2.45. The van der Waals surface area contributed by atoms with Crippen LogP contribution in [0.25, 0.3) is 0 Å². The minimum absolute atomic E-state index is 0.0331. The molecule has 0 aromatic carbocycles. The van der Waals surface area contributed by atoms with Crippen LogP contribution in [0, 0.1) is 17.7 Å². The molecule has 18 heavy (non-hydrogen) atoms. The second-order valence-corrected chi connectivity index (χ2v) is 5.05. The maximum absolute atomic E-state index is 13.7. The van der Waals surface area contributed by atoms with Crippen LogP contribution in [0.4, 0.5) is 10.2 Å². The molecule has 0 bridgehead atoms. The monoisotopic (exact) mass is 251 g/mol. The summed E-state index contributed by atoms with van der Waals surface area (Å²) in [5.74, 6) is -0.393. The first-order valence-corrected chi connectivity index (χ1v) is 6.21. The standard InChI is InChI=1S/C13H18FN3O/c1-7-3-4-10(8(7)2)17-13(18)9-5-6-16-12(15)11(9)14/h5-8,10H,3-4H2,1-2H3,(H2,15,16)(H,17,18). The first-order chi connectivity index (χ1) is 8.50.